The number of primary amides is 1. The highest BCUT2D eigenvalue weighted by Gasteiger charge is 2.27. The van der Waals surface area contributed by atoms with Crippen molar-refractivity contribution in [3.8, 4) is 0 Å². The Kier molecular flexibility index (Phi) is 6.76. The third-order valence-electron chi connectivity index (χ3n) is 3.04. The van der Waals surface area contributed by atoms with Crippen LogP contribution in [0.15, 0.2) is 30.3 Å². The summed E-state index contributed by atoms with van der Waals surface area (Å²) in [6, 6.07) is 8.40. The average molecular weight is 335 g/mol. The van der Waals surface area contributed by atoms with Crippen LogP contribution >= 0.6 is 0 Å². The summed E-state index contributed by atoms with van der Waals surface area (Å²) in [6.45, 7) is 4.99. The first-order valence-electron chi connectivity index (χ1n) is 7.65. The van der Waals surface area contributed by atoms with Gasteiger partial charge in [-0.25, -0.2) is 4.79 Å². The number of carbonyl (C=O) groups excluding carboxylic acids is 3. The van der Waals surface area contributed by atoms with Gasteiger partial charge in [0.2, 0.25) is 11.8 Å². The van der Waals surface area contributed by atoms with Crippen LogP contribution in [0.3, 0.4) is 0 Å². The number of hydrogen-bond acceptors (Lipinski definition) is 4. The lowest BCUT2D eigenvalue weighted by Crippen LogP contribution is -2.51. The minimum absolute atomic E-state index is 0.222. The molecule has 7 heteroatoms. The van der Waals surface area contributed by atoms with Gasteiger partial charge >= 0.3 is 6.09 Å². The molecule has 3 amide bonds. The summed E-state index contributed by atoms with van der Waals surface area (Å²) in [5.74, 6) is -1.04. The number of nitrogens with one attached hydrogen (secondary N) is 1. The van der Waals surface area contributed by atoms with Gasteiger partial charge in [-0.3, -0.25) is 9.59 Å². The molecular formula is C17H25N3O4. The van der Waals surface area contributed by atoms with Crippen molar-refractivity contribution in [1.82, 2.24) is 10.2 Å². The van der Waals surface area contributed by atoms with Crippen molar-refractivity contribution in [2.45, 2.75) is 38.8 Å². The van der Waals surface area contributed by atoms with E-state index in [2.05, 4.69) is 5.32 Å². The van der Waals surface area contributed by atoms with Crippen LogP contribution in [-0.2, 0) is 20.7 Å². The molecule has 1 aromatic rings. The van der Waals surface area contributed by atoms with Gasteiger partial charge in [0, 0.05) is 13.5 Å². The highest BCUT2D eigenvalue weighted by atomic mass is 16.6. The van der Waals surface area contributed by atoms with Gasteiger partial charge in [-0.05, 0) is 26.3 Å². The Morgan fingerprint density at radius 1 is 1.21 bits per heavy atom. The van der Waals surface area contributed by atoms with Gasteiger partial charge < -0.3 is 20.7 Å². The smallest absolute Gasteiger partial charge is 0.408 e. The maximum atomic E-state index is 12.5. The number of ether oxygens (including phenoxy) is 1. The van der Waals surface area contributed by atoms with E-state index in [9.17, 15) is 14.4 Å². The molecule has 1 rings (SSSR count). The Balaban J connectivity index is 2.88. The number of rotatable bonds is 6. The van der Waals surface area contributed by atoms with Crippen LogP contribution in [0.25, 0.3) is 0 Å². The predicted molar refractivity (Wildman–Crippen MR) is 90.1 cm³/mol. The monoisotopic (exact) mass is 335 g/mol. The second kappa shape index (κ2) is 8.33. The molecule has 0 heterocycles. The molecule has 3 N–H and O–H groups in total. The lowest BCUT2D eigenvalue weighted by Gasteiger charge is -2.26. The van der Waals surface area contributed by atoms with Gasteiger partial charge in [0.25, 0.3) is 0 Å². The zero-order valence-electron chi connectivity index (χ0n) is 14.5. The van der Waals surface area contributed by atoms with Crippen molar-refractivity contribution >= 4 is 17.9 Å². The van der Waals surface area contributed by atoms with Crippen molar-refractivity contribution in [3.63, 3.8) is 0 Å². The van der Waals surface area contributed by atoms with Crippen molar-refractivity contribution in [2.24, 2.45) is 5.73 Å². The van der Waals surface area contributed by atoms with Gasteiger partial charge in [0.05, 0.1) is 6.54 Å². The molecule has 24 heavy (non-hydrogen) atoms. The second-order valence-electron chi connectivity index (χ2n) is 6.55. The van der Waals surface area contributed by atoms with E-state index in [0.29, 0.717) is 0 Å². The molecule has 0 aliphatic rings. The topological polar surface area (TPSA) is 102 Å². The summed E-state index contributed by atoms with van der Waals surface area (Å²) in [5, 5.41) is 2.57. The fraction of sp³-hybridized carbons (Fsp3) is 0.471. The lowest BCUT2D eigenvalue weighted by molar-refractivity contribution is -0.135. The third-order valence-corrected chi connectivity index (χ3v) is 3.04. The van der Waals surface area contributed by atoms with Crippen molar-refractivity contribution in [1.29, 1.82) is 0 Å². The minimum atomic E-state index is -0.855. The van der Waals surface area contributed by atoms with Crippen LogP contribution in [0.5, 0.6) is 0 Å². The highest BCUT2D eigenvalue weighted by molar-refractivity contribution is 5.89. The molecule has 0 aliphatic carbocycles. The van der Waals surface area contributed by atoms with E-state index in [1.54, 1.807) is 20.8 Å². The van der Waals surface area contributed by atoms with Crippen molar-refractivity contribution < 1.29 is 19.1 Å². The van der Waals surface area contributed by atoms with Crippen LogP contribution < -0.4 is 11.1 Å². The van der Waals surface area contributed by atoms with Crippen LogP contribution in [-0.4, -0.2) is 48.0 Å². The third kappa shape index (κ3) is 7.13. The number of benzene rings is 1. The van der Waals surface area contributed by atoms with Gasteiger partial charge in [0.15, 0.2) is 0 Å². The van der Waals surface area contributed by atoms with E-state index < -0.39 is 29.6 Å². The molecule has 1 atom stereocenters. The molecule has 0 fully saturated rings. The number of nitrogens with two attached hydrogens (primary N) is 1. The van der Waals surface area contributed by atoms with E-state index >= 15 is 0 Å². The van der Waals surface area contributed by atoms with E-state index in [4.69, 9.17) is 10.5 Å². The van der Waals surface area contributed by atoms with E-state index in [0.717, 1.165) is 5.56 Å². The summed E-state index contributed by atoms with van der Waals surface area (Å²) in [6.07, 6.45) is -0.411. The van der Waals surface area contributed by atoms with Crippen LogP contribution in [0.1, 0.15) is 26.3 Å². The highest BCUT2D eigenvalue weighted by Crippen LogP contribution is 2.09. The molecule has 0 spiro atoms. The van der Waals surface area contributed by atoms with Crippen molar-refractivity contribution in [2.75, 3.05) is 13.6 Å². The largest absolute Gasteiger partial charge is 0.444 e. The zero-order valence-corrected chi connectivity index (χ0v) is 14.5. The molecule has 0 saturated heterocycles. The molecule has 0 aromatic heterocycles. The maximum Gasteiger partial charge on any atom is 0.408 e. The first-order valence-corrected chi connectivity index (χ1v) is 7.65. The summed E-state index contributed by atoms with van der Waals surface area (Å²) in [7, 11) is 1.46. The molecule has 1 aromatic carbocycles. The Bertz CT molecular complexity index is 581. The summed E-state index contributed by atoms with van der Waals surface area (Å²) in [4.78, 5) is 36.8. The van der Waals surface area contributed by atoms with E-state index in [-0.39, 0.29) is 13.0 Å². The van der Waals surface area contributed by atoms with Crippen LogP contribution in [0, 0.1) is 0 Å². The standard InChI is InChI=1S/C17H25N3O4/c1-17(2,3)24-16(23)19-13(10-12-8-6-5-7-9-12)15(22)20(4)11-14(18)21/h5-9,13H,10-11H2,1-4H3,(H2,18,21)(H,19,23)/t13-/m0/s1. The molecule has 0 radical (unpaired) electrons. The SMILES string of the molecule is CN(CC(N)=O)C(=O)[C@H](Cc1ccccc1)NC(=O)OC(C)(C)C. The number of nitrogens with zero attached hydrogens (tertiary/aromatic N) is 1. The first-order chi connectivity index (χ1) is 11.1. The van der Waals surface area contributed by atoms with Gasteiger partial charge in [-0.2, -0.15) is 0 Å². The Hall–Kier alpha value is -2.57. The van der Waals surface area contributed by atoms with Gasteiger partial charge in [0.1, 0.15) is 11.6 Å². The summed E-state index contributed by atoms with van der Waals surface area (Å²) < 4.78 is 5.20. The fourth-order valence-corrected chi connectivity index (χ4v) is 2.08. The van der Waals surface area contributed by atoms with Gasteiger partial charge in [-0.1, -0.05) is 30.3 Å². The van der Waals surface area contributed by atoms with Crippen molar-refractivity contribution in [3.05, 3.63) is 35.9 Å². The number of carbonyl (C=O) groups is 3. The normalized spacial score (nSPS) is 12.2. The number of amides is 3. The lowest BCUT2D eigenvalue weighted by atomic mass is 10.0. The maximum absolute atomic E-state index is 12.5. The average Bonchev–Trinajstić information content (AvgIpc) is 2.44. The van der Waals surface area contributed by atoms with Crippen LogP contribution in [0.2, 0.25) is 0 Å². The van der Waals surface area contributed by atoms with Gasteiger partial charge in [-0.15, -0.1) is 0 Å². The molecule has 0 aliphatic heterocycles. The number of alkyl carbamates (subject to hydrolysis) is 1. The zero-order chi connectivity index (χ0) is 18.3. The number of likely N-dealkylation sites (N-methyl/N-ethyl adjacent to an activating group) is 1. The fourth-order valence-electron chi connectivity index (χ4n) is 2.08. The molecule has 0 saturated carbocycles. The molecular weight excluding hydrogens is 310 g/mol. The predicted octanol–water partition coefficient (Wildman–Crippen LogP) is 1.07. The first kappa shape index (κ1) is 19.5. The second-order valence-corrected chi connectivity index (χ2v) is 6.55. The number of hydrogen-bond donors (Lipinski definition) is 2. The Labute approximate surface area is 142 Å². The molecule has 0 unspecified atom stereocenters. The Morgan fingerprint density at radius 3 is 2.29 bits per heavy atom. The van der Waals surface area contributed by atoms with E-state index in [1.165, 1.54) is 11.9 Å². The van der Waals surface area contributed by atoms with E-state index in [1.807, 2.05) is 30.3 Å². The molecule has 7 nitrogen and oxygen atoms in total. The molecule has 0 bridgehead atoms. The molecule has 132 valence electrons. The van der Waals surface area contributed by atoms with Crippen LogP contribution in [0.4, 0.5) is 4.79 Å². The minimum Gasteiger partial charge on any atom is -0.444 e. The summed E-state index contributed by atoms with van der Waals surface area (Å²) in [5.41, 5.74) is 5.32. The summed E-state index contributed by atoms with van der Waals surface area (Å²) >= 11 is 0. The quantitative estimate of drug-likeness (QED) is 0.811. The Morgan fingerprint density at radius 2 is 1.79 bits per heavy atom.